The molecule has 1 aromatic carbocycles. The fourth-order valence-corrected chi connectivity index (χ4v) is 2.20. The highest BCUT2D eigenvalue weighted by Crippen LogP contribution is 2.27. The molecule has 2 atom stereocenters. The van der Waals surface area contributed by atoms with E-state index in [1.807, 2.05) is 0 Å². The summed E-state index contributed by atoms with van der Waals surface area (Å²) in [5, 5.41) is 3.38. The minimum absolute atomic E-state index is 0.188. The average Bonchev–Trinajstić information content (AvgIpc) is 2.33. The first-order valence-electron chi connectivity index (χ1n) is 5.95. The van der Waals surface area contributed by atoms with Gasteiger partial charge in [0.15, 0.2) is 0 Å². The Hall–Kier alpha value is -1.29. The van der Waals surface area contributed by atoms with E-state index in [1.54, 1.807) is 19.2 Å². The van der Waals surface area contributed by atoms with Crippen LogP contribution in [-0.4, -0.2) is 32.3 Å². The number of halogens is 1. The summed E-state index contributed by atoms with van der Waals surface area (Å²) in [6.07, 6.45) is 0. The van der Waals surface area contributed by atoms with Crippen LogP contribution in [0.2, 0.25) is 0 Å². The van der Waals surface area contributed by atoms with Crippen LogP contribution in [0.1, 0.15) is 13.8 Å². The third kappa shape index (κ3) is 2.52. The quantitative estimate of drug-likeness (QED) is 0.853. The summed E-state index contributed by atoms with van der Waals surface area (Å²) in [5.74, 6) is 0.506. The van der Waals surface area contributed by atoms with Crippen LogP contribution in [0.4, 0.5) is 10.1 Å². The number of benzene rings is 1. The molecule has 0 radical (unpaired) electrons. The number of piperazine rings is 1. The number of hydrogen-bond donors (Lipinski definition) is 1. The fraction of sp³-hybridized carbons (Fsp3) is 0.538. The first-order chi connectivity index (χ1) is 8.11. The van der Waals surface area contributed by atoms with Crippen molar-refractivity contribution in [1.82, 2.24) is 5.32 Å². The topological polar surface area (TPSA) is 24.5 Å². The summed E-state index contributed by atoms with van der Waals surface area (Å²) in [6.45, 7) is 5.89. The fourth-order valence-electron chi connectivity index (χ4n) is 2.20. The van der Waals surface area contributed by atoms with Gasteiger partial charge in [-0.1, -0.05) is 0 Å². The normalized spacial score (nSPS) is 24.8. The summed E-state index contributed by atoms with van der Waals surface area (Å²) in [6, 6.07) is 5.54. The lowest BCUT2D eigenvalue weighted by Crippen LogP contribution is -2.54. The number of hydrogen-bond acceptors (Lipinski definition) is 3. The smallest absolute Gasteiger partial charge is 0.146 e. The maximum atomic E-state index is 13.9. The van der Waals surface area contributed by atoms with E-state index < -0.39 is 0 Å². The highest BCUT2D eigenvalue weighted by Gasteiger charge is 2.24. The van der Waals surface area contributed by atoms with Crippen LogP contribution >= 0.6 is 0 Å². The molecule has 1 aliphatic heterocycles. The van der Waals surface area contributed by atoms with Crippen LogP contribution in [0, 0.1) is 5.82 Å². The molecule has 1 saturated heterocycles. The molecular weight excluding hydrogens is 219 g/mol. The minimum atomic E-state index is -0.188. The number of ether oxygens (including phenoxy) is 1. The van der Waals surface area contributed by atoms with Crippen LogP contribution in [0.3, 0.4) is 0 Å². The van der Waals surface area contributed by atoms with Gasteiger partial charge in [0.2, 0.25) is 0 Å². The van der Waals surface area contributed by atoms with Crippen molar-refractivity contribution < 1.29 is 9.13 Å². The predicted molar refractivity (Wildman–Crippen MR) is 67.2 cm³/mol. The van der Waals surface area contributed by atoms with Gasteiger partial charge >= 0.3 is 0 Å². The number of rotatable bonds is 2. The van der Waals surface area contributed by atoms with Crippen molar-refractivity contribution in [2.24, 2.45) is 0 Å². The van der Waals surface area contributed by atoms with Crippen LogP contribution < -0.4 is 15.0 Å². The molecule has 4 heteroatoms. The lowest BCUT2D eigenvalue weighted by atomic mass is 10.1. The molecule has 0 bridgehead atoms. The Labute approximate surface area is 102 Å². The molecule has 2 rings (SSSR count). The van der Waals surface area contributed by atoms with E-state index in [9.17, 15) is 4.39 Å². The standard InChI is InChI=1S/C13H19FN2O/c1-9-8-16(10(2)7-15-9)13-6-11(17-3)4-5-12(13)14/h4-6,9-10,15H,7-8H2,1-3H3. The SMILES string of the molecule is COc1ccc(F)c(N2CC(C)NCC2C)c1. The number of nitrogens with zero attached hydrogens (tertiary/aromatic N) is 1. The molecule has 94 valence electrons. The van der Waals surface area contributed by atoms with E-state index in [2.05, 4.69) is 24.1 Å². The minimum Gasteiger partial charge on any atom is -0.497 e. The van der Waals surface area contributed by atoms with Crippen molar-refractivity contribution in [2.45, 2.75) is 25.9 Å². The molecule has 1 aliphatic rings. The van der Waals surface area contributed by atoms with E-state index >= 15 is 0 Å². The molecule has 2 unspecified atom stereocenters. The molecule has 0 saturated carbocycles. The van der Waals surface area contributed by atoms with Crippen molar-refractivity contribution in [3.05, 3.63) is 24.0 Å². The number of anilines is 1. The second kappa shape index (κ2) is 4.92. The Kier molecular flexibility index (Phi) is 3.52. The zero-order valence-electron chi connectivity index (χ0n) is 10.5. The lowest BCUT2D eigenvalue weighted by Gasteiger charge is -2.39. The van der Waals surface area contributed by atoms with Gasteiger partial charge in [0.1, 0.15) is 11.6 Å². The van der Waals surface area contributed by atoms with Crippen LogP contribution in [0.15, 0.2) is 18.2 Å². The van der Waals surface area contributed by atoms with Gasteiger partial charge in [0.05, 0.1) is 12.8 Å². The third-order valence-corrected chi connectivity index (χ3v) is 3.23. The van der Waals surface area contributed by atoms with Crippen molar-refractivity contribution in [3.63, 3.8) is 0 Å². The predicted octanol–water partition coefficient (Wildman–Crippen LogP) is 2.02. The summed E-state index contributed by atoms with van der Waals surface area (Å²) in [5.41, 5.74) is 0.630. The largest absolute Gasteiger partial charge is 0.497 e. The average molecular weight is 238 g/mol. The van der Waals surface area contributed by atoms with Gasteiger partial charge in [-0.2, -0.15) is 0 Å². The molecule has 0 aromatic heterocycles. The van der Waals surface area contributed by atoms with Crippen LogP contribution in [0.5, 0.6) is 5.75 Å². The zero-order valence-corrected chi connectivity index (χ0v) is 10.5. The van der Waals surface area contributed by atoms with Gasteiger partial charge in [-0.15, -0.1) is 0 Å². The summed E-state index contributed by atoms with van der Waals surface area (Å²) in [7, 11) is 1.60. The summed E-state index contributed by atoms with van der Waals surface area (Å²) in [4.78, 5) is 2.10. The molecule has 0 aliphatic carbocycles. The lowest BCUT2D eigenvalue weighted by molar-refractivity contribution is 0.407. The zero-order chi connectivity index (χ0) is 12.4. The molecular formula is C13H19FN2O. The number of nitrogens with one attached hydrogen (secondary N) is 1. The highest BCUT2D eigenvalue weighted by atomic mass is 19.1. The van der Waals surface area contributed by atoms with Crippen LogP contribution in [-0.2, 0) is 0 Å². The maximum Gasteiger partial charge on any atom is 0.146 e. The number of methoxy groups -OCH3 is 1. The summed E-state index contributed by atoms with van der Waals surface area (Å²) >= 11 is 0. The third-order valence-electron chi connectivity index (χ3n) is 3.23. The van der Waals surface area contributed by atoms with Crippen LogP contribution in [0.25, 0.3) is 0 Å². The molecule has 0 spiro atoms. The second-order valence-electron chi connectivity index (χ2n) is 4.63. The Morgan fingerprint density at radius 1 is 1.41 bits per heavy atom. The Morgan fingerprint density at radius 3 is 2.88 bits per heavy atom. The molecule has 1 N–H and O–H groups in total. The van der Waals surface area contributed by atoms with Crippen molar-refractivity contribution >= 4 is 5.69 Å². The Balaban J connectivity index is 2.30. The highest BCUT2D eigenvalue weighted by molar-refractivity contribution is 5.53. The summed E-state index contributed by atoms with van der Waals surface area (Å²) < 4.78 is 19.0. The van der Waals surface area contributed by atoms with Gasteiger partial charge in [0.25, 0.3) is 0 Å². The van der Waals surface area contributed by atoms with Crippen molar-refractivity contribution in [2.75, 3.05) is 25.1 Å². The molecule has 17 heavy (non-hydrogen) atoms. The molecule has 3 nitrogen and oxygen atoms in total. The molecule has 1 heterocycles. The second-order valence-corrected chi connectivity index (χ2v) is 4.63. The van der Waals surface area contributed by atoms with Gasteiger partial charge in [-0.25, -0.2) is 4.39 Å². The van der Waals surface area contributed by atoms with Gasteiger partial charge in [-0.05, 0) is 26.0 Å². The van der Waals surface area contributed by atoms with Crippen molar-refractivity contribution in [3.8, 4) is 5.75 Å². The monoisotopic (exact) mass is 238 g/mol. The molecule has 0 amide bonds. The van der Waals surface area contributed by atoms with E-state index in [-0.39, 0.29) is 11.9 Å². The Bertz CT molecular complexity index is 397. The van der Waals surface area contributed by atoms with E-state index in [1.165, 1.54) is 6.07 Å². The van der Waals surface area contributed by atoms with Gasteiger partial charge in [-0.3, -0.25) is 0 Å². The van der Waals surface area contributed by atoms with E-state index in [4.69, 9.17) is 4.74 Å². The van der Waals surface area contributed by atoms with Gasteiger partial charge in [0, 0.05) is 31.2 Å². The van der Waals surface area contributed by atoms with Gasteiger partial charge < -0.3 is 15.0 Å². The molecule has 1 fully saturated rings. The van der Waals surface area contributed by atoms with E-state index in [0.29, 0.717) is 17.5 Å². The first-order valence-corrected chi connectivity index (χ1v) is 5.95. The molecule has 1 aromatic rings. The maximum absolute atomic E-state index is 13.9. The first kappa shape index (κ1) is 12.2. The van der Waals surface area contributed by atoms with E-state index in [0.717, 1.165) is 13.1 Å². The Morgan fingerprint density at radius 2 is 2.18 bits per heavy atom. The van der Waals surface area contributed by atoms with Crippen molar-refractivity contribution in [1.29, 1.82) is 0 Å².